The molecule has 0 fully saturated rings. The standard InChI is InChI=1S/C22H22FNO3S/c1-13(2)24-28(27)19-8-5-15(6-9-19)22-14(3)17(11-21(25)26)10-16-4-7-18(23)12-20(16)22/h4-10,12-13,24H,11H2,1-3H3,(H,25,26). The van der Waals surface area contributed by atoms with E-state index < -0.39 is 17.0 Å². The molecule has 0 aliphatic carbocycles. The van der Waals surface area contributed by atoms with E-state index in [1.807, 2.05) is 32.9 Å². The van der Waals surface area contributed by atoms with Crippen LogP contribution in [-0.4, -0.2) is 21.3 Å². The fraction of sp³-hybridized carbons (Fsp3) is 0.227. The van der Waals surface area contributed by atoms with Crippen LogP contribution in [0.25, 0.3) is 21.9 Å². The number of hydrogen-bond acceptors (Lipinski definition) is 2. The van der Waals surface area contributed by atoms with Crippen molar-refractivity contribution in [3.05, 3.63) is 65.5 Å². The predicted molar refractivity (Wildman–Crippen MR) is 110 cm³/mol. The number of carboxylic acid groups (broad SMARTS) is 1. The molecule has 0 aromatic heterocycles. The molecule has 0 amide bonds. The molecule has 0 radical (unpaired) electrons. The molecule has 6 heteroatoms. The number of aliphatic carboxylic acids is 1. The summed E-state index contributed by atoms with van der Waals surface area (Å²) in [7, 11) is -1.31. The van der Waals surface area contributed by atoms with Crippen LogP contribution in [0.3, 0.4) is 0 Å². The molecule has 0 spiro atoms. The summed E-state index contributed by atoms with van der Waals surface area (Å²) < 4.78 is 29.2. The van der Waals surface area contributed by atoms with E-state index in [4.69, 9.17) is 0 Å². The number of hydrogen-bond donors (Lipinski definition) is 2. The van der Waals surface area contributed by atoms with Gasteiger partial charge < -0.3 is 5.11 Å². The van der Waals surface area contributed by atoms with Crippen molar-refractivity contribution in [3.63, 3.8) is 0 Å². The van der Waals surface area contributed by atoms with E-state index in [-0.39, 0.29) is 18.3 Å². The van der Waals surface area contributed by atoms with Crippen LogP contribution < -0.4 is 4.72 Å². The summed E-state index contributed by atoms with van der Waals surface area (Å²) in [6.07, 6.45) is -0.105. The third kappa shape index (κ3) is 4.29. The van der Waals surface area contributed by atoms with Gasteiger partial charge in [0.1, 0.15) is 16.8 Å². The zero-order valence-corrected chi connectivity index (χ0v) is 16.8. The van der Waals surface area contributed by atoms with Gasteiger partial charge in [-0.1, -0.05) is 24.3 Å². The number of fused-ring (bicyclic) bond motifs is 1. The van der Waals surface area contributed by atoms with Crippen LogP contribution in [0.2, 0.25) is 0 Å². The lowest BCUT2D eigenvalue weighted by Gasteiger charge is -2.16. The lowest BCUT2D eigenvalue weighted by Crippen LogP contribution is -2.24. The average molecular weight is 399 g/mol. The first-order valence-corrected chi connectivity index (χ1v) is 10.1. The maximum Gasteiger partial charge on any atom is 0.307 e. The van der Waals surface area contributed by atoms with Crippen molar-refractivity contribution in [1.29, 1.82) is 0 Å². The van der Waals surface area contributed by atoms with Crippen molar-refractivity contribution in [1.82, 2.24) is 4.72 Å². The topological polar surface area (TPSA) is 66.4 Å². The van der Waals surface area contributed by atoms with Gasteiger partial charge in [0.2, 0.25) is 0 Å². The smallest absolute Gasteiger partial charge is 0.307 e. The third-order valence-electron chi connectivity index (χ3n) is 4.51. The van der Waals surface area contributed by atoms with Gasteiger partial charge in [0.15, 0.2) is 0 Å². The lowest BCUT2D eigenvalue weighted by molar-refractivity contribution is -0.136. The Labute approximate surface area is 166 Å². The fourth-order valence-corrected chi connectivity index (χ4v) is 4.22. The molecule has 3 rings (SSSR count). The number of halogens is 1. The number of carbonyl (C=O) groups is 1. The van der Waals surface area contributed by atoms with Crippen LogP contribution in [-0.2, 0) is 22.2 Å². The highest BCUT2D eigenvalue weighted by Crippen LogP contribution is 2.35. The Morgan fingerprint density at radius 1 is 1.14 bits per heavy atom. The van der Waals surface area contributed by atoms with Crippen LogP contribution in [0.15, 0.2) is 53.4 Å². The maximum atomic E-state index is 13.9. The minimum Gasteiger partial charge on any atom is -0.481 e. The van der Waals surface area contributed by atoms with Crippen molar-refractivity contribution in [2.45, 2.75) is 38.1 Å². The Morgan fingerprint density at radius 2 is 1.82 bits per heavy atom. The van der Waals surface area contributed by atoms with E-state index in [0.717, 1.165) is 27.5 Å². The lowest BCUT2D eigenvalue weighted by atomic mass is 9.89. The highest BCUT2D eigenvalue weighted by molar-refractivity contribution is 7.83. The Kier molecular flexibility index (Phi) is 5.91. The summed E-state index contributed by atoms with van der Waals surface area (Å²) in [6.45, 7) is 5.69. The number of nitrogens with one attached hydrogen (secondary N) is 1. The molecule has 4 nitrogen and oxygen atoms in total. The molecule has 1 atom stereocenters. The van der Waals surface area contributed by atoms with Gasteiger partial charge in [0, 0.05) is 6.04 Å². The van der Waals surface area contributed by atoms with E-state index in [9.17, 15) is 18.5 Å². The number of carboxylic acids is 1. The van der Waals surface area contributed by atoms with Gasteiger partial charge in [-0.25, -0.2) is 13.3 Å². The summed E-state index contributed by atoms with van der Waals surface area (Å²) >= 11 is 0. The largest absolute Gasteiger partial charge is 0.481 e. The van der Waals surface area contributed by atoms with E-state index in [1.54, 1.807) is 24.3 Å². The summed E-state index contributed by atoms with van der Waals surface area (Å²) in [4.78, 5) is 11.9. The minimum absolute atomic E-state index is 0.0855. The van der Waals surface area contributed by atoms with E-state index in [2.05, 4.69) is 4.72 Å². The van der Waals surface area contributed by atoms with Gasteiger partial charge in [-0.15, -0.1) is 0 Å². The maximum absolute atomic E-state index is 13.9. The Balaban J connectivity index is 2.15. The van der Waals surface area contributed by atoms with Crippen LogP contribution in [0.4, 0.5) is 4.39 Å². The van der Waals surface area contributed by atoms with Gasteiger partial charge >= 0.3 is 5.97 Å². The van der Waals surface area contributed by atoms with E-state index >= 15 is 0 Å². The summed E-state index contributed by atoms with van der Waals surface area (Å²) in [6, 6.07) is 13.6. The molecule has 3 aromatic rings. The quantitative estimate of drug-likeness (QED) is 0.636. The molecule has 0 aliphatic rings. The van der Waals surface area contributed by atoms with Gasteiger partial charge in [0.05, 0.1) is 11.3 Å². The molecule has 28 heavy (non-hydrogen) atoms. The van der Waals surface area contributed by atoms with Crippen molar-refractivity contribution < 1.29 is 18.5 Å². The SMILES string of the molecule is Cc1c(CC(=O)O)cc2ccc(F)cc2c1-c1ccc(S(=O)NC(C)C)cc1. The van der Waals surface area contributed by atoms with Crippen molar-refractivity contribution in [2.75, 3.05) is 0 Å². The molecule has 146 valence electrons. The zero-order valence-electron chi connectivity index (χ0n) is 16.0. The van der Waals surface area contributed by atoms with Crippen molar-refractivity contribution in [3.8, 4) is 11.1 Å². The normalized spacial score (nSPS) is 12.5. The Morgan fingerprint density at radius 3 is 2.43 bits per heavy atom. The Hall–Kier alpha value is -2.57. The summed E-state index contributed by atoms with van der Waals surface area (Å²) in [5, 5.41) is 10.7. The molecular formula is C22H22FNO3S. The van der Waals surface area contributed by atoms with Gasteiger partial charge in [0.25, 0.3) is 0 Å². The van der Waals surface area contributed by atoms with E-state index in [1.165, 1.54) is 12.1 Å². The minimum atomic E-state index is -1.31. The van der Waals surface area contributed by atoms with Gasteiger partial charge in [-0.2, -0.15) is 0 Å². The van der Waals surface area contributed by atoms with Gasteiger partial charge in [-0.05, 0) is 78.1 Å². The molecule has 0 saturated heterocycles. The van der Waals surface area contributed by atoms with Gasteiger partial charge in [-0.3, -0.25) is 4.79 Å². The molecule has 1 unspecified atom stereocenters. The first kappa shape index (κ1) is 20.2. The first-order chi connectivity index (χ1) is 13.3. The van der Waals surface area contributed by atoms with Crippen LogP contribution in [0.1, 0.15) is 25.0 Å². The molecule has 3 aromatic carbocycles. The Bertz CT molecular complexity index is 1060. The molecule has 0 heterocycles. The van der Waals surface area contributed by atoms with E-state index in [0.29, 0.717) is 10.5 Å². The summed E-state index contributed by atoms with van der Waals surface area (Å²) in [5.41, 5.74) is 3.11. The van der Waals surface area contributed by atoms with Crippen molar-refractivity contribution in [2.24, 2.45) is 0 Å². The van der Waals surface area contributed by atoms with Crippen LogP contribution >= 0.6 is 0 Å². The average Bonchev–Trinajstić information content (AvgIpc) is 2.62. The fourth-order valence-electron chi connectivity index (χ4n) is 3.28. The molecule has 0 aliphatic heterocycles. The molecule has 0 bridgehead atoms. The molecule has 2 N–H and O–H groups in total. The highest BCUT2D eigenvalue weighted by Gasteiger charge is 2.15. The number of rotatable bonds is 6. The molecule has 0 saturated carbocycles. The van der Waals surface area contributed by atoms with Crippen molar-refractivity contribution >= 4 is 27.7 Å². The second-order valence-electron chi connectivity index (χ2n) is 7.04. The number of benzene rings is 3. The predicted octanol–water partition coefficient (Wildman–Crippen LogP) is 4.60. The zero-order chi connectivity index (χ0) is 20.4. The third-order valence-corrected chi connectivity index (χ3v) is 5.90. The monoisotopic (exact) mass is 399 g/mol. The van der Waals surface area contributed by atoms with Crippen LogP contribution in [0, 0.1) is 12.7 Å². The summed E-state index contributed by atoms with van der Waals surface area (Å²) in [5.74, 6) is -1.26. The second kappa shape index (κ2) is 8.20. The highest BCUT2D eigenvalue weighted by atomic mass is 32.2. The second-order valence-corrected chi connectivity index (χ2v) is 8.28. The van der Waals surface area contributed by atoms with Crippen LogP contribution in [0.5, 0.6) is 0 Å². The first-order valence-electron chi connectivity index (χ1n) is 8.98. The molecular weight excluding hydrogens is 377 g/mol.